The van der Waals surface area contributed by atoms with E-state index in [0.717, 1.165) is 32.6 Å². The average Bonchev–Trinajstić information content (AvgIpc) is 2.62. The van der Waals surface area contributed by atoms with Gasteiger partial charge in [-0.05, 0) is 38.8 Å². The number of carbonyl (C=O) groups is 1. The number of carboxylic acids is 1. The van der Waals surface area contributed by atoms with Gasteiger partial charge in [0.1, 0.15) is 0 Å². The highest BCUT2D eigenvalue weighted by Gasteiger charge is 1.97. The molecule has 0 aromatic rings. The first-order chi connectivity index (χ1) is 13.9. The zero-order chi connectivity index (χ0) is 22.2. The Morgan fingerprint density at radius 2 is 1.07 bits per heavy atom. The van der Waals surface area contributed by atoms with Crippen molar-refractivity contribution in [2.75, 3.05) is 13.1 Å². The molecule has 0 amide bonds. The van der Waals surface area contributed by atoms with Crippen LogP contribution in [-0.4, -0.2) is 35.8 Å². The first-order valence-corrected chi connectivity index (χ1v) is 11.5. The van der Waals surface area contributed by atoms with E-state index in [4.69, 9.17) is 32.2 Å². The third-order valence-corrected chi connectivity index (χ3v) is 4.62. The Balaban J connectivity index is 0. The molecule has 0 atom stereocenters. The smallest absolute Gasteiger partial charge is 0.300 e. The molecule has 0 aliphatic heterocycles. The first kappa shape index (κ1) is 29.6. The van der Waals surface area contributed by atoms with Crippen molar-refractivity contribution in [3.63, 3.8) is 0 Å². The number of unbranched alkanes of at least 4 members (excludes halogenated alkanes) is 12. The van der Waals surface area contributed by atoms with E-state index in [-0.39, 0.29) is 0 Å². The highest BCUT2D eigenvalue weighted by Crippen LogP contribution is 2.09. The summed E-state index contributed by atoms with van der Waals surface area (Å²) >= 11 is 0. The molecule has 0 rings (SSSR count). The van der Waals surface area contributed by atoms with Crippen molar-refractivity contribution in [3.05, 3.63) is 0 Å². The number of hydrogen-bond donors (Lipinski definition) is 6. The van der Waals surface area contributed by atoms with Crippen molar-refractivity contribution >= 4 is 17.6 Å². The highest BCUT2D eigenvalue weighted by molar-refractivity contribution is 5.76. The zero-order valence-electron chi connectivity index (χ0n) is 18.8. The normalized spacial score (nSPS) is 10.2. The molecule has 0 aromatic carbocycles. The lowest BCUT2D eigenvalue weighted by molar-refractivity contribution is -0.134. The van der Waals surface area contributed by atoms with Gasteiger partial charge in [0.05, 0.1) is 5.84 Å². The Kier molecular flexibility index (Phi) is 24.9. The SMILES string of the molecule is CC(=O)O.N=C(N)CCCCCCCCCNCCCCCCCCCC(N)=[NH2+]. The summed E-state index contributed by atoms with van der Waals surface area (Å²) in [6.45, 7) is 3.42. The molecule has 7 heteroatoms. The van der Waals surface area contributed by atoms with Crippen molar-refractivity contribution in [3.8, 4) is 0 Å². The van der Waals surface area contributed by atoms with Gasteiger partial charge in [-0.15, -0.1) is 0 Å². The molecule has 0 fully saturated rings. The maximum Gasteiger partial charge on any atom is 0.300 e. The number of hydrogen-bond acceptors (Lipinski definition) is 3. The monoisotopic (exact) mass is 414 g/mol. The predicted molar refractivity (Wildman–Crippen MR) is 123 cm³/mol. The number of aliphatic carboxylic acids is 1. The number of rotatable bonds is 20. The van der Waals surface area contributed by atoms with E-state index in [1.807, 2.05) is 0 Å². The van der Waals surface area contributed by atoms with Crippen LogP contribution in [0.2, 0.25) is 0 Å². The molecule has 0 heterocycles. The van der Waals surface area contributed by atoms with Crippen LogP contribution in [0, 0.1) is 5.41 Å². The second-order valence-corrected chi connectivity index (χ2v) is 7.82. The standard InChI is InChI=1S/C20H43N5.C2H4O2/c21-19(22)15-11-7-3-1-5-9-13-17-25-18-14-10-6-2-4-8-12-16-20(23)24;1-2(3)4/h25H,1-18H2,(H3,21,22)(H3,23,24);1H3,(H,3,4)/p+1. The second-order valence-electron chi connectivity index (χ2n) is 7.82. The Labute approximate surface area is 178 Å². The van der Waals surface area contributed by atoms with Crippen LogP contribution in [0.25, 0.3) is 0 Å². The molecule has 0 aromatic heterocycles. The van der Waals surface area contributed by atoms with Gasteiger partial charge < -0.3 is 16.2 Å². The average molecular weight is 415 g/mol. The maximum absolute atomic E-state index is 9.00. The predicted octanol–water partition coefficient (Wildman–Crippen LogP) is 2.96. The molecule has 0 unspecified atom stereocenters. The minimum atomic E-state index is -0.833. The van der Waals surface area contributed by atoms with E-state index < -0.39 is 5.97 Å². The molecule has 0 aliphatic carbocycles. The number of nitrogens with one attached hydrogen (secondary N) is 2. The van der Waals surface area contributed by atoms with Crippen molar-refractivity contribution in [1.82, 2.24) is 5.32 Å². The number of nitrogens with two attached hydrogens (primary N) is 3. The number of carboxylic acid groups (broad SMARTS) is 1. The first-order valence-electron chi connectivity index (χ1n) is 11.5. The van der Waals surface area contributed by atoms with Crippen molar-refractivity contribution in [2.24, 2.45) is 11.5 Å². The summed E-state index contributed by atoms with van der Waals surface area (Å²) < 4.78 is 0. The summed E-state index contributed by atoms with van der Waals surface area (Å²) in [6.07, 6.45) is 19.6. The summed E-state index contributed by atoms with van der Waals surface area (Å²) in [5.41, 5.74) is 10.8. The molecule has 0 spiro atoms. The van der Waals surface area contributed by atoms with Gasteiger partial charge in [0.25, 0.3) is 5.97 Å². The maximum atomic E-state index is 9.00. The summed E-state index contributed by atoms with van der Waals surface area (Å²) in [5.74, 6) is 0.0775. The van der Waals surface area contributed by atoms with Crippen LogP contribution in [0.1, 0.15) is 110 Å². The minimum absolute atomic E-state index is 0.331. The van der Waals surface area contributed by atoms with Gasteiger partial charge >= 0.3 is 0 Å². The van der Waals surface area contributed by atoms with Gasteiger partial charge in [0, 0.05) is 19.8 Å². The number of amidine groups is 2. The van der Waals surface area contributed by atoms with E-state index in [0.29, 0.717) is 11.7 Å². The largest absolute Gasteiger partial charge is 0.481 e. The van der Waals surface area contributed by atoms with Crippen molar-refractivity contribution in [1.29, 1.82) is 5.41 Å². The molecule has 9 N–H and O–H groups in total. The van der Waals surface area contributed by atoms with Crippen LogP contribution in [-0.2, 0) is 4.79 Å². The fourth-order valence-electron chi connectivity index (χ4n) is 3.04. The van der Waals surface area contributed by atoms with Crippen molar-refractivity contribution < 1.29 is 15.3 Å². The summed E-state index contributed by atoms with van der Waals surface area (Å²) in [5, 5.41) is 23.6. The highest BCUT2D eigenvalue weighted by atomic mass is 16.4. The van der Waals surface area contributed by atoms with Crippen LogP contribution in [0.5, 0.6) is 0 Å². The molecule has 0 saturated heterocycles. The molecule has 0 bridgehead atoms. The lowest BCUT2D eigenvalue weighted by Crippen LogP contribution is -2.45. The zero-order valence-corrected chi connectivity index (χ0v) is 18.8. The molecule has 0 radical (unpaired) electrons. The van der Waals surface area contributed by atoms with E-state index in [1.54, 1.807) is 0 Å². The van der Waals surface area contributed by atoms with Crippen LogP contribution >= 0.6 is 0 Å². The van der Waals surface area contributed by atoms with E-state index in [2.05, 4.69) is 5.32 Å². The van der Waals surface area contributed by atoms with E-state index >= 15 is 0 Å². The lowest BCUT2D eigenvalue weighted by atomic mass is 10.1. The second kappa shape index (κ2) is 24.4. The topological polar surface area (TPSA) is 151 Å². The van der Waals surface area contributed by atoms with Crippen molar-refractivity contribution in [2.45, 2.75) is 110 Å². The molecule has 0 aliphatic rings. The van der Waals surface area contributed by atoms with Crippen LogP contribution in [0.15, 0.2) is 0 Å². The van der Waals surface area contributed by atoms with E-state index in [1.165, 1.54) is 90.1 Å². The molecule has 172 valence electrons. The summed E-state index contributed by atoms with van der Waals surface area (Å²) in [7, 11) is 0. The minimum Gasteiger partial charge on any atom is -0.481 e. The molecular formula is C22H48N5O2+. The van der Waals surface area contributed by atoms with Gasteiger partial charge in [-0.3, -0.25) is 21.3 Å². The molecule has 29 heavy (non-hydrogen) atoms. The Morgan fingerprint density at radius 1 is 0.759 bits per heavy atom. The van der Waals surface area contributed by atoms with E-state index in [9.17, 15) is 0 Å². The van der Waals surface area contributed by atoms with Gasteiger partial charge in [-0.1, -0.05) is 64.2 Å². The Bertz CT molecular complexity index is 369. The van der Waals surface area contributed by atoms with Gasteiger partial charge in [0.2, 0.25) is 5.84 Å². The summed E-state index contributed by atoms with van der Waals surface area (Å²) in [6, 6.07) is 0. The molecular weight excluding hydrogens is 366 g/mol. The fourth-order valence-corrected chi connectivity index (χ4v) is 3.04. The van der Waals surface area contributed by atoms with Crippen LogP contribution in [0.3, 0.4) is 0 Å². The fraction of sp³-hybridized carbons (Fsp3) is 0.864. The molecule has 7 nitrogen and oxygen atoms in total. The Hall–Kier alpha value is -1.63. The third kappa shape index (κ3) is 37.7. The Morgan fingerprint density at radius 3 is 1.41 bits per heavy atom. The molecule has 0 saturated carbocycles. The van der Waals surface area contributed by atoms with Gasteiger partial charge in [0.15, 0.2) is 0 Å². The third-order valence-electron chi connectivity index (χ3n) is 4.62. The quantitative estimate of drug-likeness (QED) is 0.103. The lowest BCUT2D eigenvalue weighted by Gasteiger charge is -2.05. The summed E-state index contributed by atoms with van der Waals surface area (Å²) in [4.78, 5) is 9.00. The van der Waals surface area contributed by atoms with Gasteiger partial charge in [-0.2, -0.15) is 0 Å². The van der Waals surface area contributed by atoms with Crippen LogP contribution in [0.4, 0.5) is 0 Å². The van der Waals surface area contributed by atoms with Crippen LogP contribution < -0.4 is 22.2 Å². The van der Waals surface area contributed by atoms with Gasteiger partial charge in [-0.25, -0.2) is 0 Å².